The van der Waals surface area contributed by atoms with E-state index in [0.29, 0.717) is 0 Å². The van der Waals surface area contributed by atoms with Crippen LogP contribution in [-0.2, 0) is 5.41 Å². The van der Waals surface area contributed by atoms with E-state index in [1.165, 1.54) is 0 Å². The van der Waals surface area contributed by atoms with Gasteiger partial charge in [0.15, 0.2) is 0 Å². The Balaban J connectivity index is 2.60. The molecule has 2 rings (SSSR count). The molecule has 0 bridgehead atoms. The van der Waals surface area contributed by atoms with Gasteiger partial charge in [-0.25, -0.2) is 4.39 Å². The third-order valence-corrected chi connectivity index (χ3v) is 3.05. The highest BCUT2D eigenvalue weighted by molar-refractivity contribution is 5.59. The van der Waals surface area contributed by atoms with E-state index in [1.54, 1.807) is 12.1 Å². The first-order valence-corrected chi connectivity index (χ1v) is 5.39. The molecular weight excluding hydrogens is 189 g/mol. The van der Waals surface area contributed by atoms with E-state index in [1.807, 2.05) is 6.07 Å². The van der Waals surface area contributed by atoms with Crippen LogP contribution in [0.4, 0.5) is 10.1 Å². The van der Waals surface area contributed by atoms with Gasteiger partial charge in [-0.15, -0.1) is 0 Å². The first-order chi connectivity index (χ1) is 6.82. The Hall–Kier alpha value is -1.05. The fraction of sp³-hybridized carbons (Fsp3) is 0.538. The Bertz CT molecular complexity index is 394. The number of fused-ring (bicyclic) bond motifs is 1. The molecule has 0 unspecified atom stereocenters. The van der Waals surface area contributed by atoms with Crippen molar-refractivity contribution in [3.05, 3.63) is 29.6 Å². The molecule has 1 aliphatic heterocycles. The number of halogens is 1. The maximum atomic E-state index is 13.8. The van der Waals surface area contributed by atoms with Gasteiger partial charge in [-0.1, -0.05) is 19.9 Å². The van der Waals surface area contributed by atoms with Crippen LogP contribution in [0.1, 0.15) is 39.7 Å². The minimum atomic E-state index is -0.102. The summed E-state index contributed by atoms with van der Waals surface area (Å²) < 4.78 is 13.8. The van der Waals surface area contributed by atoms with Crippen LogP contribution in [0.5, 0.6) is 0 Å². The number of nitrogens with one attached hydrogen (secondary N) is 1. The highest BCUT2D eigenvalue weighted by Crippen LogP contribution is 2.43. The van der Waals surface area contributed by atoms with Crippen molar-refractivity contribution < 1.29 is 4.39 Å². The van der Waals surface area contributed by atoms with Gasteiger partial charge in [0.1, 0.15) is 5.82 Å². The lowest BCUT2D eigenvalue weighted by Crippen LogP contribution is -2.43. The Kier molecular flexibility index (Phi) is 2.07. The minimum absolute atomic E-state index is 0.0320. The summed E-state index contributed by atoms with van der Waals surface area (Å²) in [6.07, 6.45) is 0.938. The summed E-state index contributed by atoms with van der Waals surface area (Å²) in [7, 11) is 0. The number of hydrogen-bond acceptors (Lipinski definition) is 1. The van der Waals surface area contributed by atoms with Crippen LogP contribution >= 0.6 is 0 Å². The van der Waals surface area contributed by atoms with E-state index in [4.69, 9.17) is 0 Å². The molecule has 0 radical (unpaired) electrons. The van der Waals surface area contributed by atoms with Gasteiger partial charge in [0.2, 0.25) is 0 Å². The molecule has 1 aromatic rings. The predicted molar refractivity (Wildman–Crippen MR) is 61.7 cm³/mol. The van der Waals surface area contributed by atoms with Gasteiger partial charge >= 0.3 is 0 Å². The molecule has 0 saturated heterocycles. The third kappa shape index (κ3) is 1.73. The zero-order valence-electron chi connectivity index (χ0n) is 9.82. The number of anilines is 1. The van der Waals surface area contributed by atoms with Crippen molar-refractivity contribution in [2.24, 2.45) is 0 Å². The summed E-state index contributed by atoms with van der Waals surface area (Å²) >= 11 is 0. The third-order valence-electron chi connectivity index (χ3n) is 3.05. The lowest BCUT2D eigenvalue weighted by molar-refractivity contribution is 0.343. The van der Waals surface area contributed by atoms with E-state index in [0.717, 1.165) is 17.7 Å². The van der Waals surface area contributed by atoms with Crippen LogP contribution in [0.3, 0.4) is 0 Å². The van der Waals surface area contributed by atoms with Crippen LogP contribution in [0.25, 0.3) is 0 Å². The van der Waals surface area contributed by atoms with Crippen LogP contribution < -0.4 is 5.32 Å². The van der Waals surface area contributed by atoms with Gasteiger partial charge in [-0.3, -0.25) is 0 Å². The number of hydrogen-bond donors (Lipinski definition) is 1. The van der Waals surface area contributed by atoms with Crippen LogP contribution in [0.15, 0.2) is 18.2 Å². The predicted octanol–water partition coefficient (Wildman–Crippen LogP) is 3.70. The van der Waals surface area contributed by atoms with Gasteiger partial charge in [-0.05, 0) is 37.8 Å². The lowest BCUT2D eigenvalue weighted by atomic mass is 9.71. The van der Waals surface area contributed by atoms with Gasteiger partial charge in [0, 0.05) is 16.8 Å². The van der Waals surface area contributed by atoms with Crippen molar-refractivity contribution in [2.45, 2.75) is 45.1 Å². The quantitative estimate of drug-likeness (QED) is 0.684. The molecule has 0 spiro atoms. The summed E-state index contributed by atoms with van der Waals surface area (Å²) in [5.41, 5.74) is 1.69. The molecule has 1 heterocycles. The summed E-state index contributed by atoms with van der Waals surface area (Å²) in [4.78, 5) is 0. The van der Waals surface area contributed by atoms with E-state index in [2.05, 4.69) is 33.0 Å². The maximum absolute atomic E-state index is 13.8. The average molecular weight is 207 g/mol. The largest absolute Gasteiger partial charge is 0.380 e. The second-order valence-electron chi connectivity index (χ2n) is 5.73. The Labute approximate surface area is 90.7 Å². The molecule has 1 N–H and O–H groups in total. The highest BCUT2D eigenvalue weighted by Gasteiger charge is 2.38. The molecule has 0 fully saturated rings. The highest BCUT2D eigenvalue weighted by atomic mass is 19.1. The standard InChI is InChI=1S/C13H18FN/c1-12(2)8-13(3,4)15-10-7-5-6-9(14)11(10)12/h5-7,15H,8H2,1-4H3. The van der Waals surface area contributed by atoms with Crippen molar-refractivity contribution in [1.82, 2.24) is 0 Å². The second-order valence-corrected chi connectivity index (χ2v) is 5.73. The molecule has 2 heteroatoms. The first kappa shape index (κ1) is 10.5. The van der Waals surface area contributed by atoms with Gasteiger partial charge in [0.05, 0.1) is 0 Å². The van der Waals surface area contributed by atoms with Crippen LogP contribution in [-0.4, -0.2) is 5.54 Å². The number of rotatable bonds is 0. The molecule has 0 aromatic heterocycles. The number of benzene rings is 1. The van der Waals surface area contributed by atoms with Crippen molar-refractivity contribution >= 4 is 5.69 Å². The molecule has 0 atom stereocenters. The molecule has 1 aromatic carbocycles. The molecule has 15 heavy (non-hydrogen) atoms. The van der Waals surface area contributed by atoms with Gasteiger partial charge in [0.25, 0.3) is 0 Å². The van der Waals surface area contributed by atoms with Crippen LogP contribution in [0, 0.1) is 5.82 Å². The second kappa shape index (κ2) is 2.97. The van der Waals surface area contributed by atoms with Crippen molar-refractivity contribution in [3.63, 3.8) is 0 Å². The summed E-state index contributed by atoms with van der Waals surface area (Å²) in [5, 5.41) is 3.39. The van der Waals surface area contributed by atoms with E-state index < -0.39 is 0 Å². The molecule has 0 aliphatic carbocycles. The van der Waals surface area contributed by atoms with Gasteiger partial charge < -0.3 is 5.32 Å². The molecule has 0 amide bonds. The first-order valence-electron chi connectivity index (χ1n) is 5.39. The summed E-state index contributed by atoms with van der Waals surface area (Å²) in [6.45, 7) is 8.53. The van der Waals surface area contributed by atoms with Crippen molar-refractivity contribution in [3.8, 4) is 0 Å². The molecule has 1 nitrogen and oxygen atoms in total. The fourth-order valence-electron chi connectivity index (χ4n) is 2.92. The molecule has 1 aliphatic rings. The zero-order chi connectivity index (χ0) is 11.3. The minimum Gasteiger partial charge on any atom is -0.380 e. The Morgan fingerprint density at radius 1 is 1.20 bits per heavy atom. The lowest BCUT2D eigenvalue weighted by Gasteiger charge is -2.43. The van der Waals surface area contributed by atoms with Crippen LogP contribution in [0.2, 0.25) is 0 Å². The van der Waals surface area contributed by atoms with Crippen molar-refractivity contribution in [1.29, 1.82) is 0 Å². The topological polar surface area (TPSA) is 12.0 Å². The smallest absolute Gasteiger partial charge is 0.129 e. The normalized spacial score (nSPS) is 21.7. The van der Waals surface area contributed by atoms with E-state index in [-0.39, 0.29) is 16.8 Å². The Morgan fingerprint density at radius 3 is 2.53 bits per heavy atom. The van der Waals surface area contributed by atoms with Gasteiger partial charge in [-0.2, -0.15) is 0 Å². The monoisotopic (exact) mass is 207 g/mol. The summed E-state index contributed by atoms with van der Waals surface area (Å²) in [6, 6.07) is 5.26. The van der Waals surface area contributed by atoms with E-state index >= 15 is 0 Å². The molecular formula is C13H18FN. The van der Waals surface area contributed by atoms with Crippen molar-refractivity contribution in [2.75, 3.05) is 5.32 Å². The summed E-state index contributed by atoms with van der Waals surface area (Å²) in [5.74, 6) is -0.0968. The molecule has 82 valence electrons. The fourth-order valence-corrected chi connectivity index (χ4v) is 2.92. The Morgan fingerprint density at radius 2 is 1.87 bits per heavy atom. The molecule has 0 saturated carbocycles. The zero-order valence-corrected chi connectivity index (χ0v) is 9.82. The average Bonchev–Trinajstić information content (AvgIpc) is 1.97. The van der Waals surface area contributed by atoms with E-state index in [9.17, 15) is 4.39 Å². The maximum Gasteiger partial charge on any atom is 0.129 e. The SMILES string of the molecule is CC1(C)CC(C)(C)c2c(F)cccc2N1.